The fraction of sp³-hybridized carbons (Fsp3) is 0.333. The number of benzene rings is 1. The zero-order valence-corrected chi connectivity index (χ0v) is 16.9. The molecule has 0 unspecified atom stereocenters. The third-order valence-electron chi connectivity index (χ3n) is 6.31. The van der Waals surface area contributed by atoms with Crippen LogP contribution >= 0.6 is 0 Å². The number of anilines is 2. The van der Waals surface area contributed by atoms with Crippen LogP contribution in [0.1, 0.15) is 19.1 Å². The molecule has 32 heavy (non-hydrogen) atoms. The van der Waals surface area contributed by atoms with E-state index >= 15 is 0 Å². The second kappa shape index (κ2) is 6.73. The Hall–Kier alpha value is -3.54. The minimum atomic E-state index is -1.16. The Kier molecular flexibility index (Phi) is 4.03. The van der Waals surface area contributed by atoms with E-state index in [1.54, 1.807) is 10.6 Å². The third kappa shape index (κ3) is 2.79. The van der Waals surface area contributed by atoms with Crippen LogP contribution in [0, 0.1) is 0 Å². The molecule has 6 rings (SSSR count). The Morgan fingerprint density at radius 3 is 2.75 bits per heavy atom. The van der Waals surface area contributed by atoms with Gasteiger partial charge >= 0.3 is 0 Å². The first kappa shape index (κ1) is 19.2. The Bertz CT molecular complexity index is 1340. The predicted octanol–water partition coefficient (Wildman–Crippen LogP) is 0.770. The smallest absolute Gasteiger partial charge is 0.167 e. The number of nitrogens with two attached hydrogens (primary N) is 2. The van der Waals surface area contributed by atoms with E-state index < -0.39 is 24.0 Å². The van der Waals surface area contributed by atoms with Gasteiger partial charge in [0, 0.05) is 24.3 Å². The largest absolute Gasteiger partial charge is 0.490 e. The van der Waals surface area contributed by atoms with Gasteiger partial charge in [-0.1, -0.05) is 0 Å². The molecule has 1 aliphatic heterocycles. The minimum absolute atomic E-state index is 0.174. The van der Waals surface area contributed by atoms with Crippen LogP contribution in [0.2, 0.25) is 0 Å². The van der Waals surface area contributed by atoms with Gasteiger partial charge in [0.1, 0.15) is 47.3 Å². The standard InChI is InChI=1S/C21H21N7O4/c22-14-4-2-10-1-3-11(5-13(10)27-14)31-12-6-21(7-12)17(30)16(29)20(32-21)28-9-26-15-18(23)24-8-25-19(15)28/h1-5,8-9,12,16-17,20,29-30H,6-7H2,(H2,22,27)(H2,23,24,25)/t12-,16-,17+,20-,21-/m1/s1. The summed E-state index contributed by atoms with van der Waals surface area (Å²) in [6.07, 6.45) is 0.393. The van der Waals surface area contributed by atoms with Crippen LogP contribution in [0.15, 0.2) is 43.0 Å². The summed E-state index contributed by atoms with van der Waals surface area (Å²) in [6, 6.07) is 9.29. The average molecular weight is 435 g/mol. The Labute approximate surface area is 181 Å². The van der Waals surface area contributed by atoms with E-state index in [0.717, 1.165) is 10.9 Å². The van der Waals surface area contributed by atoms with Crippen molar-refractivity contribution < 1.29 is 19.7 Å². The maximum Gasteiger partial charge on any atom is 0.167 e. The lowest BCUT2D eigenvalue weighted by atomic mass is 9.73. The molecule has 1 aliphatic carbocycles. The Morgan fingerprint density at radius 1 is 1.09 bits per heavy atom. The number of hydrogen-bond donors (Lipinski definition) is 4. The average Bonchev–Trinajstić information content (AvgIpc) is 3.29. The van der Waals surface area contributed by atoms with E-state index in [1.807, 2.05) is 24.3 Å². The van der Waals surface area contributed by atoms with Gasteiger partial charge in [-0.15, -0.1) is 0 Å². The molecule has 4 heterocycles. The highest BCUT2D eigenvalue weighted by Gasteiger charge is 2.62. The molecule has 1 aromatic carbocycles. The summed E-state index contributed by atoms with van der Waals surface area (Å²) >= 11 is 0. The first-order valence-electron chi connectivity index (χ1n) is 10.2. The van der Waals surface area contributed by atoms with Crippen molar-refractivity contribution in [3.8, 4) is 5.75 Å². The van der Waals surface area contributed by atoms with Crippen LogP contribution in [0.3, 0.4) is 0 Å². The molecule has 3 aromatic heterocycles. The van der Waals surface area contributed by atoms with Crippen LogP contribution in [0.4, 0.5) is 11.6 Å². The molecular weight excluding hydrogens is 414 g/mol. The minimum Gasteiger partial charge on any atom is -0.490 e. The molecule has 11 nitrogen and oxygen atoms in total. The van der Waals surface area contributed by atoms with Crippen LogP contribution in [0.25, 0.3) is 22.1 Å². The van der Waals surface area contributed by atoms with E-state index in [-0.39, 0.29) is 11.9 Å². The van der Waals surface area contributed by atoms with Crippen molar-refractivity contribution in [1.29, 1.82) is 0 Å². The number of rotatable bonds is 3. The summed E-state index contributed by atoms with van der Waals surface area (Å²) in [5, 5.41) is 22.5. The highest BCUT2D eigenvalue weighted by molar-refractivity contribution is 5.82. The molecule has 2 fully saturated rings. The summed E-state index contributed by atoms with van der Waals surface area (Å²) in [7, 11) is 0. The van der Waals surface area contributed by atoms with E-state index in [9.17, 15) is 10.2 Å². The molecule has 2 aliphatic rings. The maximum atomic E-state index is 10.8. The zero-order chi connectivity index (χ0) is 22.0. The van der Waals surface area contributed by atoms with E-state index in [2.05, 4.69) is 19.9 Å². The van der Waals surface area contributed by atoms with Gasteiger partial charge in [0.05, 0.1) is 11.8 Å². The Balaban J connectivity index is 1.20. The number of nitrogen functional groups attached to an aromatic ring is 2. The molecule has 0 amide bonds. The number of aliphatic hydroxyl groups is 2. The normalized spacial score (nSPS) is 29.6. The fourth-order valence-corrected chi connectivity index (χ4v) is 4.64. The monoisotopic (exact) mass is 435 g/mol. The summed E-state index contributed by atoms with van der Waals surface area (Å²) in [6.45, 7) is 0. The third-order valence-corrected chi connectivity index (χ3v) is 6.31. The molecule has 1 saturated heterocycles. The van der Waals surface area contributed by atoms with E-state index in [1.165, 1.54) is 12.7 Å². The zero-order valence-electron chi connectivity index (χ0n) is 16.9. The van der Waals surface area contributed by atoms with Gasteiger partial charge in [-0.2, -0.15) is 0 Å². The van der Waals surface area contributed by atoms with Gasteiger partial charge in [-0.05, 0) is 24.3 Å². The van der Waals surface area contributed by atoms with Crippen LogP contribution in [-0.2, 0) is 4.74 Å². The molecular formula is C21H21N7O4. The van der Waals surface area contributed by atoms with Crippen molar-refractivity contribution in [1.82, 2.24) is 24.5 Å². The molecule has 1 spiro atoms. The molecule has 164 valence electrons. The number of ether oxygens (including phenoxy) is 2. The number of imidazole rings is 1. The number of aromatic nitrogens is 5. The maximum absolute atomic E-state index is 10.8. The van der Waals surface area contributed by atoms with Crippen LogP contribution in [-0.4, -0.2) is 58.6 Å². The fourth-order valence-electron chi connectivity index (χ4n) is 4.64. The second-order valence-corrected chi connectivity index (χ2v) is 8.33. The van der Waals surface area contributed by atoms with Crippen molar-refractivity contribution in [3.05, 3.63) is 43.0 Å². The Morgan fingerprint density at radius 2 is 1.91 bits per heavy atom. The summed E-state index contributed by atoms with van der Waals surface area (Å²) in [5.74, 6) is 1.34. The van der Waals surface area contributed by atoms with Gasteiger partial charge in [0.15, 0.2) is 17.7 Å². The number of aliphatic hydroxyl groups excluding tert-OH is 2. The first-order valence-corrected chi connectivity index (χ1v) is 10.2. The highest BCUT2D eigenvalue weighted by atomic mass is 16.6. The second-order valence-electron chi connectivity index (χ2n) is 8.33. The predicted molar refractivity (Wildman–Crippen MR) is 114 cm³/mol. The highest BCUT2D eigenvalue weighted by Crippen LogP contribution is 2.50. The molecule has 0 bridgehead atoms. The van der Waals surface area contributed by atoms with Gasteiger partial charge < -0.3 is 31.2 Å². The van der Waals surface area contributed by atoms with Crippen molar-refractivity contribution >= 4 is 33.7 Å². The number of hydrogen-bond acceptors (Lipinski definition) is 10. The summed E-state index contributed by atoms with van der Waals surface area (Å²) in [5.41, 5.74) is 12.3. The SMILES string of the molecule is Nc1ccc2ccc(O[C@H]3C[C@@]4(C3)O[C@@H](n3cnc5c(N)ncnc53)[C@H](O)[C@@H]4O)cc2n1. The number of fused-ring (bicyclic) bond motifs is 2. The molecule has 3 atom stereocenters. The molecule has 4 aromatic rings. The lowest BCUT2D eigenvalue weighted by Crippen LogP contribution is -2.57. The number of pyridine rings is 1. The van der Waals surface area contributed by atoms with Gasteiger partial charge in [0.2, 0.25) is 0 Å². The topological polar surface area (TPSA) is 167 Å². The van der Waals surface area contributed by atoms with Crippen molar-refractivity contribution in [2.75, 3.05) is 11.5 Å². The van der Waals surface area contributed by atoms with Crippen molar-refractivity contribution in [2.24, 2.45) is 0 Å². The summed E-state index contributed by atoms with van der Waals surface area (Å²) in [4.78, 5) is 16.7. The van der Waals surface area contributed by atoms with Crippen molar-refractivity contribution in [3.63, 3.8) is 0 Å². The molecule has 6 N–H and O–H groups in total. The molecule has 1 saturated carbocycles. The number of nitrogens with zero attached hydrogens (tertiary/aromatic N) is 5. The summed E-state index contributed by atoms with van der Waals surface area (Å²) < 4.78 is 13.8. The van der Waals surface area contributed by atoms with E-state index in [4.69, 9.17) is 20.9 Å². The lowest BCUT2D eigenvalue weighted by Gasteiger charge is -2.45. The van der Waals surface area contributed by atoms with Crippen molar-refractivity contribution in [2.45, 2.75) is 43.0 Å². The van der Waals surface area contributed by atoms with Gasteiger partial charge in [-0.3, -0.25) is 4.57 Å². The van der Waals surface area contributed by atoms with Gasteiger partial charge in [-0.25, -0.2) is 19.9 Å². The molecule has 0 radical (unpaired) electrons. The quantitative estimate of drug-likeness (QED) is 0.361. The van der Waals surface area contributed by atoms with Crippen LogP contribution in [0.5, 0.6) is 5.75 Å². The first-order chi connectivity index (χ1) is 15.4. The van der Waals surface area contributed by atoms with E-state index in [0.29, 0.717) is 35.6 Å². The molecule has 11 heteroatoms. The lowest BCUT2D eigenvalue weighted by molar-refractivity contribution is -0.182. The van der Waals surface area contributed by atoms with Gasteiger partial charge in [0.25, 0.3) is 0 Å². The van der Waals surface area contributed by atoms with Crippen LogP contribution < -0.4 is 16.2 Å².